The molecule has 48 heavy (non-hydrogen) atoms. The first-order chi connectivity index (χ1) is 22.0. The molecule has 270 valence electrons. The van der Waals surface area contributed by atoms with Gasteiger partial charge in [-0.25, -0.2) is 9.59 Å². The van der Waals surface area contributed by atoms with Crippen LogP contribution < -0.4 is 5.32 Å². The zero-order valence-electron chi connectivity index (χ0n) is 30.2. The summed E-state index contributed by atoms with van der Waals surface area (Å²) in [5, 5.41) is 37.3. The molecule has 3 aliphatic carbocycles. The number of ketones is 1. The molecule has 4 rings (SSSR count). The summed E-state index contributed by atoms with van der Waals surface area (Å²) in [6.07, 6.45) is -4.94. The average molecular weight is 678 g/mol. The molecule has 0 aromatic carbocycles. The minimum absolute atomic E-state index is 0.0000772. The normalized spacial score (nSPS) is 36.9. The maximum atomic E-state index is 14.8. The Kier molecular flexibility index (Phi) is 10.4. The van der Waals surface area contributed by atoms with E-state index in [9.17, 15) is 34.5 Å². The van der Waals surface area contributed by atoms with Crippen molar-refractivity contribution in [1.82, 2.24) is 5.32 Å². The summed E-state index contributed by atoms with van der Waals surface area (Å²) >= 11 is 0. The lowest BCUT2D eigenvalue weighted by Gasteiger charge is -2.65. The lowest BCUT2D eigenvalue weighted by molar-refractivity contribution is -0.326. The van der Waals surface area contributed by atoms with Crippen molar-refractivity contribution in [2.45, 2.75) is 143 Å². The predicted molar refractivity (Wildman–Crippen MR) is 174 cm³/mol. The predicted octanol–water partition coefficient (Wildman–Crippen LogP) is 3.54. The molecule has 1 saturated heterocycles. The molecule has 0 radical (unpaired) electrons. The molecule has 9 unspecified atom stereocenters. The minimum atomic E-state index is -1.80. The first-order valence-corrected chi connectivity index (χ1v) is 17.0. The van der Waals surface area contributed by atoms with E-state index in [1.54, 1.807) is 55.4 Å². The topological polar surface area (TPSA) is 178 Å². The van der Waals surface area contributed by atoms with Crippen LogP contribution in [-0.4, -0.2) is 93.5 Å². The van der Waals surface area contributed by atoms with E-state index < -0.39 is 94.2 Å². The van der Waals surface area contributed by atoms with Crippen LogP contribution in [-0.2, 0) is 33.3 Å². The van der Waals surface area contributed by atoms with Crippen molar-refractivity contribution < 1.29 is 53.4 Å². The van der Waals surface area contributed by atoms with Crippen molar-refractivity contribution in [3.05, 3.63) is 22.8 Å². The van der Waals surface area contributed by atoms with Gasteiger partial charge >= 0.3 is 18.0 Å². The molecule has 12 heteroatoms. The second kappa shape index (κ2) is 13.2. The van der Waals surface area contributed by atoms with Gasteiger partial charge in [0, 0.05) is 18.8 Å². The number of carbonyl (C=O) groups is 4. The van der Waals surface area contributed by atoms with Gasteiger partial charge in [-0.05, 0) is 83.3 Å². The number of aliphatic hydroxyl groups is 3. The van der Waals surface area contributed by atoms with Gasteiger partial charge in [-0.15, -0.1) is 0 Å². The summed E-state index contributed by atoms with van der Waals surface area (Å²) in [5.41, 5.74) is -2.76. The fourth-order valence-electron chi connectivity index (χ4n) is 8.91. The molecule has 4 aliphatic rings. The Balaban J connectivity index is 1.78. The van der Waals surface area contributed by atoms with E-state index in [2.05, 4.69) is 5.32 Å². The number of esters is 2. The number of fused-ring (bicyclic) bond motifs is 5. The second-order valence-corrected chi connectivity index (χ2v) is 16.2. The lowest BCUT2D eigenvalue weighted by Crippen LogP contribution is -2.76. The highest BCUT2D eigenvalue weighted by atomic mass is 16.6. The Hall–Kier alpha value is -2.80. The molecular weight excluding hydrogens is 622 g/mol. The number of allylic oxidation sites excluding steroid dienone is 1. The van der Waals surface area contributed by atoms with E-state index in [0.717, 1.165) is 5.57 Å². The average Bonchev–Trinajstić information content (AvgIpc) is 2.96. The number of ether oxygens (including phenoxy) is 4. The quantitative estimate of drug-likeness (QED) is 0.176. The molecule has 0 aromatic heterocycles. The maximum absolute atomic E-state index is 14.8. The smallest absolute Gasteiger partial charge is 0.408 e. The van der Waals surface area contributed by atoms with Crippen LogP contribution >= 0.6 is 0 Å². The summed E-state index contributed by atoms with van der Waals surface area (Å²) in [4.78, 5) is 54.0. The van der Waals surface area contributed by atoms with Crippen LogP contribution in [0.1, 0.15) is 95.4 Å². The zero-order chi connectivity index (χ0) is 36.3. The summed E-state index contributed by atoms with van der Waals surface area (Å²) in [6.45, 7) is 19.4. The number of hydrogen-bond acceptors (Lipinski definition) is 11. The SMILES string of the molecule is CCC(=O)OC1C(=O)[C@]2(C)C(O)CC3OCC3(O)C2[C@H](C)C2CC(OC(=O)C(O)C(C=C(C)C)NC(=O)OC(C)(C)C)C(C)=C1C2(C)C. The maximum Gasteiger partial charge on any atom is 0.408 e. The molecular formula is C36H55NO11. The van der Waals surface area contributed by atoms with Crippen LogP contribution in [0.4, 0.5) is 4.79 Å². The number of hydrogen-bond donors (Lipinski definition) is 4. The summed E-state index contributed by atoms with van der Waals surface area (Å²) < 4.78 is 23.0. The fourth-order valence-corrected chi connectivity index (χ4v) is 8.91. The standard InChI is InChI=1S/C36H55NO11/c1-12-25(39)47-28-26-19(5)22(46-31(42)27(40)21(13-17(2)3)37-32(43)48-33(6,7)8)14-20(34(26,9)10)18(4)29-35(11,30(28)41)23(38)15-24-36(29,44)16-45-24/h13,18,20-24,27-29,38,40,44H,12,14-16H2,1-11H3,(H,37,43)/t18-,20?,21?,22?,23?,24?,27?,28?,29?,35-,36?/m1/s1. The Morgan fingerprint density at radius 3 is 2.27 bits per heavy atom. The van der Waals surface area contributed by atoms with Crippen LogP contribution in [0.3, 0.4) is 0 Å². The number of aliphatic hydroxyl groups excluding tert-OH is 2. The largest absolute Gasteiger partial charge is 0.456 e. The lowest BCUT2D eigenvalue weighted by atomic mass is 9.44. The van der Waals surface area contributed by atoms with Crippen molar-refractivity contribution in [3.63, 3.8) is 0 Å². The number of nitrogens with one attached hydrogen (secondary N) is 1. The molecule has 11 atom stereocenters. The monoisotopic (exact) mass is 677 g/mol. The summed E-state index contributed by atoms with van der Waals surface area (Å²) in [6, 6.07) is -1.16. The van der Waals surface area contributed by atoms with Gasteiger partial charge in [0.25, 0.3) is 0 Å². The van der Waals surface area contributed by atoms with Crippen molar-refractivity contribution in [3.8, 4) is 0 Å². The van der Waals surface area contributed by atoms with E-state index in [-0.39, 0.29) is 31.8 Å². The molecule has 1 amide bonds. The van der Waals surface area contributed by atoms with E-state index in [1.807, 2.05) is 20.8 Å². The van der Waals surface area contributed by atoms with Gasteiger partial charge in [-0.1, -0.05) is 39.3 Å². The van der Waals surface area contributed by atoms with Gasteiger partial charge in [-0.2, -0.15) is 0 Å². The Bertz CT molecular complexity index is 1370. The van der Waals surface area contributed by atoms with Gasteiger partial charge in [0.2, 0.25) is 0 Å². The number of amides is 1. The van der Waals surface area contributed by atoms with Crippen LogP contribution in [0.5, 0.6) is 0 Å². The summed E-state index contributed by atoms with van der Waals surface area (Å²) in [7, 11) is 0. The third-order valence-corrected chi connectivity index (χ3v) is 11.2. The highest BCUT2D eigenvalue weighted by molar-refractivity contribution is 5.95. The number of rotatable bonds is 7. The Morgan fingerprint density at radius 2 is 1.75 bits per heavy atom. The van der Waals surface area contributed by atoms with Crippen LogP contribution in [0.2, 0.25) is 0 Å². The van der Waals surface area contributed by atoms with Crippen LogP contribution in [0, 0.1) is 28.6 Å². The highest BCUT2D eigenvalue weighted by Crippen LogP contribution is 2.63. The van der Waals surface area contributed by atoms with Crippen LogP contribution in [0.25, 0.3) is 0 Å². The minimum Gasteiger partial charge on any atom is -0.456 e. The molecule has 3 fully saturated rings. The molecule has 0 aromatic rings. The van der Waals surface area contributed by atoms with Crippen LogP contribution in [0.15, 0.2) is 22.8 Å². The number of alkyl carbamates (subject to hydrolysis) is 1. The molecule has 1 heterocycles. The number of Topliss-reactive ketones (excluding diaryl/α,β-unsaturated/α-hetero) is 1. The first kappa shape index (κ1) is 38.0. The van der Waals surface area contributed by atoms with E-state index in [0.29, 0.717) is 11.1 Å². The van der Waals surface area contributed by atoms with Gasteiger partial charge in [0.05, 0.1) is 30.3 Å². The summed E-state index contributed by atoms with van der Waals surface area (Å²) in [5.74, 6) is -3.64. The Morgan fingerprint density at radius 1 is 1.12 bits per heavy atom. The highest BCUT2D eigenvalue weighted by Gasteiger charge is 2.72. The van der Waals surface area contributed by atoms with Gasteiger partial charge in [0.15, 0.2) is 18.0 Å². The number of carbonyl (C=O) groups excluding carboxylic acids is 4. The second-order valence-electron chi connectivity index (χ2n) is 16.2. The van der Waals surface area contributed by atoms with E-state index in [1.165, 1.54) is 6.08 Å². The molecule has 1 aliphatic heterocycles. The molecule has 0 spiro atoms. The van der Waals surface area contributed by atoms with Crippen molar-refractivity contribution in [1.29, 1.82) is 0 Å². The molecule has 2 saturated carbocycles. The molecule has 4 N–H and O–H groups in total. The molecule has 2 bridgehead atoms. The third-order valence-electron chi connectivity index (χ3n) is 11.2. The van der Waals surface area contributed by atoms with E-state index in [4.69, 9.17) is 18.9 Å². The Labute approximate surface area is 283 Å². The fraction of sp³-hybridized carbons (Fsp3) is 0.778. The van der Waals surface area contributed by atoms with Gasteiger partial charge in [-0.3, -0.25) is 9.59 Å². The third kappa shape index (κ3) is 6.57. The van der Waals surface area contributed by atoms with E-state index >= 15 is 0 Å². The van der Waals surface area contributed by atoms with Gasteiger partial charge in [0.1, 0.15) is 17.3 Å². The van der Waals surface area contributed by atoms with Crippen molar-refractivity contribution in [2.75, 3.05) is 6.61 Å². The molecule has 12 nitrogen and oxygen atoms in total. The van der Waals surface area contributed by atoms with Gasteiger partial charge < -0.3 is 39.6 Å². The van der Waals surface area contributed by atoms with Crippen molar-refractivity contribution >= 4 is 23.8 Å². The first-order valence-electron chi connectivity index (χ1n) is 17.0. The van der Waals surface area contributed by atoms with Crippen molar-refractivity contribution in [2.24, 2.45) is 28.6 Å². The zero-order valence-corrected chi connectivity index (χ0v) is 30.2.